The van der Waals surface area contributed by atoms with E-state index >= 15 is 0 Å². The third kappa shape index (κ3) is 8.23. The van der Waals surface area contributed by atoms with E-state index in [9.17, 15) is 19.5 Å². The van der Waals surface area contributed by atoms with Crippen LogP contribution < -0.4 is 5.63 Å². The van der Waals surface area contributed by atoms with Gasteiger partial charge in [-0.1, -0.05) is 50.5 Å². The van der Waals surface area contributed by atoms with Crippen LogP contribution in [0.1, 0.15) is 88.3 Å². The van der Waals surface area contributed by atoms with Gasteiger partial charge in [-0.2, -0.15) is 0 Å². The van der Waals surface area contributed by atoms with Crippen molar-refractivity contribution in [3.05, 3.63) is 63.3 Å². The summed E-state index contributed by atoms with van der Waals surface area (Å²) in [5, 5.41) is 18.9. The molecule has 0 radical (unpaired) electrons. The number of ketones is 1. The molecule has 0 bridgehead atoms. The molecule has 6 heteroatoms. The van der Waals surface area contributed by atoms with Crippen LogP contribution >= 0.6 is 0 Å². The summed E-state index contributed by atoms with van der Waals surface area (Å²) in [5.41, 5.74) is 0.238. The number of aromatic hydroxyl groups is 1. The van der Waals surface area contributed by atoms with Crippen molar-refractivity contribution in [3.63, 3.8) is 0 Å². The first-order valence-electron chi connectivity index (χ1n) is 10.3. The molecule has 0 saturated carbocycles. The van der Waals surface area contributed by atoms with Crippen LogP contribution in [0.3, 0.4) is 0 Å². The van der Waals surface area contributed by atoms with Crippen molar-refractivity contribution in [3.8, 4) is 5.75 Å². The van der Waals surface area contributed by atoms with Gasteiger partial charge in [0.15, 0.2) is 5.78 Å². The molecule has 1 heterocycles. The van der Waals surface area contributed by atoms with Crippen molar-refractivity contribution in [1.29, 1.82) is 0 Å². The van der Waals surface area contributed by atoms with Gasteiger partial charge in [0.25, 0.3) is 0 Å². The molecule has 164 valence electrons. The Morgan fingerprint density at radius 1 is 1.20 bits per heavy atom. The molecular weight excluding hydrogens is 384 g/mol. The number of rotatable bonds is 12. The summed E-state index contributed by atoms with van der Waals surface area (Å²) in [7, 11) is 0. The molecule has 1 rings (SSSR count). The van der Waals surface area contributed by atoms with E-state index in [1.165, 1.54) is 12.1 Å². The molecule has 0 aromatic carbocycles. The molecule has 0 saturated heterocycles. The molecule has 0 amide bonds. The summed E-state index contributed by atoms with van der Waals surface area (Å²) < 4.78 is 5.27. The second-order valence-corrected chi connectivity index (χ2v) is 7.56. The van der Waals surface area contributed by atoms with Crippen LogP contribution in [0.25, 0.3) is 0 Å². The van der Waals surface area contributed by atoms with Gasteiger partial charge < -0.3 is 14.6 Å². The van der Waals surface area contributed by atoms with Crippen LogP contribution in [0.5, 0.6) is 5.75 Å². The van der Waals surface area contributed by atoms with E-state index < -0.39 is 23.1 Å². The lowest BCUT2D eigenvalue weighted by Crippen LogP contribution is -2.16. The fraction of sp³-hybridized carbons (Fsp3) is 0.458. The van der Waals surface area contributed by atoms with E-state index in [2.05, 4.69) is 6.92 Å². The Balaban J connectivity index is 2.93. The van der Waals surface area contributed by atoms with E-state index in [4.69, 9.17) is 9.52 Å². The Morgan fingerprint density at radius 3 is 2.50 bits per heavy atom. The van der Waals surface area contributed by atoms with Crippen molar-refractivity contribution in [2.24, 2.45) is 0 Å². The van der Waals surface area contributed by atoms with Crippen LogP contribution in [-0.4, -0.2) is 22.0 Å². The Morgan fingerprint density at radius 2 is 1.90 bits per heavy atom. The molecule has 1 aromatic heterocycles. The number of unbranched alkanes of at least 4 members (excludes halogenated alkanes) is 2. The lowest BCUT2D eigenvalue weighted by atomic mass is 9.99. The zero-order valence-electron chi connectivity index (χ0n) is 18.2. The maximum Gasteiger partial charge on any atom is 0.351 e. The Bertz CT molecular complexity index is 885. The number of Topliss-reactive ketones (excluding diaryl/α,β-unsaturated/α-hetero) is 1. The normalized spacial score (nSPS) is 13.6. The van der Waals surface area contributed by atoms with E-state index in [1.54, 1.807) is 19.9 Å². The van der Waals surface area contributed by atoms with Gasteiger partial charge in [-0.15, -0.1) is 0 Å². The summed E-state index contributed by atoms with van der Waals surface area (Å²) in [4.78, 5) is 35.5. The molecule has 0 fully saturated rings. The summed E-state index contributed by atoms with van der Waals surface area (Å²) >= 11 is 0. The van der Waals surface area contributed by atoms with Gasteiger partial charge >= 0.3 is 11.6 Å². The monoisotopic (exact) mass is 416 g/mol. The number of carbonyl (C=O) groups excluding carboxylic acids is 1. The van der Waals surface area contributed by atoms with Crippen LogP contribution in [0.4, 0.5) is 0 Å². The molecule has 0 aliphatic rings. The minimum absolute atomic E-state index is 0.225. The van der Waals surface area contributed by atoms with Crippen LogP contribution in [0, 0.1) is 0 Å². The fourth-order valence-electron chi connectivity index (χ4n) is 2.90. The van der Waals surface area contributed by atoms with Gasteiger partial charge in [-0.05, 0) is 45.1 Å². The first kappa shape index (κ1) is 25.1. The fourth-order valence-corrected chi connectivity index (χ4v) is 2.90. The first-order valence-corrected chi connectivity index (χ1v) is 10.3. The SMILES string of the molecule is CCCCCC(C)=C/C=C(\C)C(=O)c1c(O)cc(C(C)CC/C=C/C(=O)O)oc1=O. The summed E-state index contributed by atoms with van der Waals surface area (Å²) in [6.07, 6.45) is 11.4. The van der Waals surface area contributed by atoms with E-state index in [-0.39, 0.29) is 17.2 Å². The van der Waals surface area contributed by atoms with Gasteiger partial charge in [0.05, 0.1) is 0 Å². The highest BCUT2D eigenvalue weighted by molar-refractivity contribution is 6.09. The number of carboxylic acids is 1. The smallest absolute Gasteiger partial charge is 0.351 e. The largest absolute Gasteiger partial charge is 0.507 e. The van der Waals surface area contributed by atoms with Gasteiger partial charge in [-0.3, -0.25) is 4.79 Å². The number of hydrogen-bond acceptors (Lipinski definition) is 5. The third-order valence-electron chi connectivity index (χ3n) is 4.84. The molecule has 6 nitrogen and oxygen atoms in total. The first-order chi connectivity index (χ1) is 14.2. The molecule has 30 heavy (non-hydrogen) atoms. The van der Waals surface area contributed by atoms with E-state index in [0.717, 1.165) is 37.3 Å². The molecular formula is C24H32O6. The van der Waals surface area contributed by atoms with Gasteiger partial charge in [0.1, 0.15) is 17.1 Å². The molecule has 1 unspecified atom stereocenters. The standard InChI is InChI=1S/C24H32O6/c1-5-6-7-10-16(2)13-14-18(4)23(28)22-19(25)15-20(30-24(22)29)17(3)11-8-9-12-21(26)27/h9,12-15,17,25H,5-8,10-11H2,1-4H3,(H,26,27)/b12-9+,16-13?,18-14+. The molecule has 1 atom stereocenters. The summed E-state index contributed by atoms with van der Waals surface area (Å²) in [6, 6.07) is 1.29. The topological polar surface area (TPSA) is 105 Å². The van der Waals surface area contributed by atoms with Crippen LogP contribution in [0.2, 0.25) is 0 Å². The average molecular weight is 417 g/mol. The highest BCUT2D eigenvalue weighted by Gasteiger charge is 2.21. The predicted molar refractivity (Wildman–Crippen MR) is 117 cm³/mol. The minimum Gasteiger partial charge on any atom is -0.507 e. The number of aliphatic carboxylic acids is 1. The number of carboxylic acid groups (broad SMARTS) is 1. The average Bonchev–Trinajstić information content (AvgIpc) is 2.68. The van der Waals surface area contributed by atoms with E-state index in [1.807, 2.05) is 13.0 Å². The van der Waals surface area contributed by atoms with Crippen molar-refractivity contribution in [1.82, 2.24) is 0 Å². The highest BCUT2D eigenvalue weighted by atomic mass is 16.4. The Labute approximate surface area is 177 Å². The Hall–Kier alpha value is -2.89. The van der Waals surface area contributed by atoms with Gasteiger partial charge in [0.2, 0.25) is 0 Å². The molecule has 0 aliphatic carbocycles. The minimum atomic E-state index is -1.02. The lowest BCUT2D eigenvalue weighted by Gasteiger charge is -2.11. The zero-order chi connectivity index (χ0) is 22.7. The van der Waals surface area contributed by atoms with Gasteiger partial charge in [-0.25, -0.2) is 9.59 Å². The number of hydrogen-bond donors (Lipinski definition) is 2. The van der Waals surface area contributed by atoms with Gasteiger partial charge in [0, 0.05) is 18.1 Å². The number of carbonyl (C=O) groups is 2. The second-order valence-electron chi connectivity index (χ2n) is 7.56. The number of allylic oxidation sites excluding steroid dienone is 5. The predicted octanol–water partition coefficient (Wildman–Crippen LogP) is 5.53. The quantitative estimate of drug-likeness (QED) is 0.201. The molecule has 0 aliphatic heterocycles. The van der Waals surface area contributed by atoms with Crippen molar-refractivity contribution in [2.45, 2.75) is 72.1 Å². The molecule has 1 aromatic rings. The summed E-state index contributed by atoms with van der Waals surface area (Å²) in [5.74, 6) is -1.97. The molecule has 0 spiro atoms. The third-order valence-corrected chi connectivity index (χ3v) is 4.84. The van der Waals surface area contributed by atoms with Crippen molar-refractivity contribution in [2.75, 3.05) is 0 Å². The summed E-state index contributed by atoms with van der Waals surface area (Å²) in [6.45, 7) is 7.54. The zero-order valence-corrected chi connectivity index (χ0v) is 18.2. The maximum atomic E-state index is 12.6. The second kappa shape index (κ2) is 12.6. The van der Waals surface area contributed by atoms with Crippen LogP contribution in [0.15, 0.2) is 50.7 Å². The van der Waals surface area contributed by atoms with Crippen molar-refractivity contribution < 1.29 is 24.2 Å². The highest BCUT2D eigenvalue weighted by Crippen LogP contribution is 2.26. The molecule has 2 N–H and O–H groups in total. The Kier molecular flexibility index (Phi) is 10.6. The van der Waals surface area contributed by atoms with Crippen LogP contribution in [-0.2, 0) is 4.79 Å². The maximum absolute atomic E-state index is 12.6. The van der Waals surface area contributed by atoms with Crippen molar-refractivity contribution >= 4 is 11.8 Å². The van der Waals surface area contributed by atoms with E-state index in [0.29, 0.717) is 18.4 Å². The lowest BCUT2D eigenvalue weighted by molar-refractivity contribution is -0.131.